The van der Waals surface area contributed by atoms with Crippen molar-refractivity contribution in [2.45, 2.75) is 45.6 Å². The first-order valence-corrected chi connectivity index (χ1v) is 5.54. The summed E-state index contributed by atoms with van der Waals surface area (Å²) in [5.41, 5.74) is 0. The van der Waals surface area contributed by atoms with Crippen molar-refractivity contribution in [3.63, 3.8) is 0 Å². The highest BCUT2D eigenvalue weighted by molar-refractivity contribution is 5.69. The van der Waals surface area contributed by atoms with Crippen molar-refractivity contribution < 1.29 is 14.6 Å². The summed E-state index contributed by atoms with van der Waals surface area (Å²) in [7, 11) is 0. The van der Waals surface area contributed by atoms with Crippen molar-refractivity contribution in [1.82, 2.24) is 0 Å². The van der Waals surface area contributed by atoms with Crippen LogP contribution >= 0.6 is 0 Å². The topological polar surface area (TPSA) is 46.5 Å². The van der Waals surface area contributed by atoms with Gasteiger partial charge in [0.15, 0.2) is 0 Å². The largest absolute Gasteiger partial charge is 0.466 e. The monoisotopic (exact) mass is 214 g/mol. The van der Waals surface area contributed by atoms with Crippen molar-refractivity contribution in [1.29, 1.82) is 0 Å². The number of esters is 1. The zero-order valence-corrected chi connectivity index (χ0v) is 9.74. The Hall–Kier alpha value is -0.830. The van der Waals surface area contributed by atoms with E-state index in [0.717, 1.165) is 12.8 Å². The normalized spacial score (nSPS) is 14.3. The minimum absolute atomic E-state index is 0.106. The molecule has 0 radical (unpaired) electrons. The van der Waals surface area contributed by atoms with Gasteiger partial charge in [-0.25, -0.2) is 0 Å². The van der Waals surface area contributed by atoms with Gasteiger partial charge in [0, 0.05) is 0 Å². The third-order valence-corrected chi connectivity index (χ3v) is 2.27. The van der Waals surface area contributed by atoms with E-state index in [-0.39, 0.29) is 12.4 Å². The summed E-state index contributed by atoms with van der Waals surface area (Å²) in [4.78, 5) is 11.0. The van der Waals surface area contributed by atoms with Gasteiger partial charge in [0.05, 0.1) is 19.1 Å². The minimum Gasteiger partial charge on any atom is -0.466 e. The molecule has 0 aromatic rings. The molecule has 0 aromatic carbocycles. The molecule has 0 aliphatic rings. The Labute approximate surface area is 92.1 Å². The summed E-state index contributed by atoms with van der Waals surface area (Å²) in [6.45, 7) is 7.91. The van der Waals surface area contributed by atoms with E-state index in [9.17, 15) is 9.90 Å². The second-order valence-electron chi connectivity index (χ2n) is 3.87. The molecule has 0 aliphatic heterocycles. The van der Waals surface area contributed by atoms with Crippen LogP contribution in [0.25, 0.3) is 0 Å². The number of hydrogen-bond donors (Lipinski definition) is 1. The van der Waals surface area contributed by atoms with E-state index >= 15 is 0 Å². The van der Waals surface area contributed by atoms with Crippen LogP contribution in [0.2, 0.25) is 0 Å². The predicted octanol–water partition coefficient (Wildman–Crippen LogP) is 2.29. The van der Waals surface area contributed by atoms with Crippen molar-refractivity contribution in [3.05, 3.63) is 12.7 Å². The molecule has 0 rings (SSSR count). The summed E-state index contributed by atoms with van der Waals surface area (Å²) in [6, 6.07) is 0. The third kappa shape index (κ3) is 8.18. The molecule has 0 spiro atoms. The third-order valence-electron chi connectivity index (χ3n) is 2.27. The van der Waals surface area contributed by atoms with Crippen LogP contribution in [0.1, 0.15) is 39.5 Å². The van der Waals surface area contributed by atoms with E-state index in [1.165, 1.54) is 0 Å². The number of allylic oxidation sites excluding steroid dienone is 1. The highest BCUT2D eigenvalue weighted by atomic mass is 16.5. The maximum absolute atomic E-state index is 11.0. The minimum atomic E-state index is -0.573. The van der Waals surface area contributed by atoms with Gasteiger partial charge in [-0.2, -0.15) is 0 Å². The van der Waals surface area contributed by atoms with E-state index in [1.54, 1.807) is 6.92 Å². The van der Waals surface area contributed by atoms with Gasteiger partial charge in [0.25, 0.3) is 0 Å². The number of ether oxygens (including phenoxy) is 1. The second-order valence-corrected chi connectivity index (χ2v) is 3.87. The first-order valence-electron chi connectivity index (χ1n) is 5.54. The Morgan fingerprint density at radius 3 is 2.73 bits per heavy atom. The molecule has 0 bridgehead atoms. The molecule has 3 nitrogen and oxygen atoms in total. The van der Waals surface area contributed by atoms with Crippen LogP contribution in [-0.4, -0.2) is 23.8 Å². The fourth-order valence-corrected chi connectivity index (χ4v) is 1.39. The molecule has 1 N–H and O–H groups in total. The lowest BCUT2D eigenvalue weighted by Gasteiger charge is -2.12. The molecule has 0 saturated carbocycles. The number of aliphatic hydroxyl groups excluding tert-OH is 1. The summed E-state index contributed by atoms with van der Waals surface area (Å²) < 4.78 is 4.75. The quantitative estimate of drug-likeness (QED) is 0.498. The van der Waals surface area contributed by atoms with E-state index in [0.29, 0.717) is 18.9 Å². The number of rotatable bonds is 8. The van der Waals surface area contributed by atoms with Gasteiger partial charge in [-0.15, -0.1) is 6.58 Å². The first-order chi connectivity index (χ1) is 7.10. The lowest BCUT2D eigenvalue weighted by atomic mass is 9.99. The molecule has 0 aliphatic carbocycles. The zero-order chi connectivity index (χ0) is 11.7. The molecular formula is C12H22O3. The Bertz CT molecular complexity index is 189. The van der Waals surface area contributed by atoms with Gasteiger partial charge in [-0.05, 0) is 32.1 Å². The van der Waals surface area contributed by atoms with Gasteiger partial charge in [-0.3, -0.25) is 4.79 Å². The van der Waals surface area contributed by atoms with Crippen LogP contribution in [0.15, 0.2) is 12.7 Å². The van der Waals surface area contributed by atoms with Crippen molar-refractivity contribution in [2.75, 3.05) is 6.61 Å². The molecule has 0 amide bonds. The fourth-order valence-electron chi connectivity index (χ4n) is 1.39. The van der Waals surface area contributed by atoms with Crippen molar-refractivity contribution in [2.24, 2.45) is 5.92 Å². The van der Waals surface area contributed by atoms with Gasteiger partial charge < -0.3 is 9.84 Å². The van der Waals surface area contributed by atoms with Gasteiger partial charge in [0.1, 0.15) is 0 Å². The van der Waals surface area contributed by atoms with Crippen LogP contribution in [0.4, 0.5) is 0 Å². The highest BCUT2D eigenvalue weighted by Crippen LogP contribution is 2.13. The predicted molar refractivity (Wildman–Crippen MR) is 60.5 cm³/mol. The Balaban J connectivity index is 3.60. The number of carbonyl (C=O) groups excluding carboxylic acids is 1. The van der Waals surface area contributed by atoms with E-state index in [4.69, 9.17) is 4.74 Å². The zero-order valence-electron chi connectivity index (χ0n) is 9.74. The summed E-state index contributed by atoms with van der Waals surface area (Å²) in [5, 5.41) is 9.54. The molecule has 0 saturated heterocycles. The Morgan fingerprint density at radius 2 is 2.20 bits per heavy atom. The standard InChI is InChI=1S/C12H22O3/c1-4-6-10(3)7-8-11(13)9-12(14)15-5-2/h4,10-11,13H,1,5-9H2,2-3H3. The number of carbonyl (C=O) groups is 1. The molecule has 88 valence electrons. The average Bonchev–Trinajstić information content (AvgIpc) is 2.15. The SMILES string of the molecule is C=CCC(C)CCC(O)CC(=O)OCC. The smallest absolute Gasteiger partial charge is 0.308 e. The molecule has 2 atom stereocenters. The van der Waals surface area contributed by atoms with Crippen LogP contribution in [0.5, 0.6) is 0 Å². The Kier molecular flexibility index (Phi) is 8.01. The summed E-state index contributed by atoms with van der Waals surface area (Å²) in [5.74, 6) is 0.195. The number of hydrogen-bond acceptors (Lipinski definition) is 3. The van der Waals surface area contributed by atoms with Crippen LogP contribution in [-0.2, 0) is 9.53 Å². The van der Waals surface area contributed by atoms with Gasteiger partial charge in [-0.1, -0.05) is 13.0 Å². The first kappa shape index (κ1) is 14.2. The average molecular weight is 214 g/mol. The lowest BCUT2D eigenvalue weighted by Crippen LogP contribution is -2.16. The fraction of sp³-hybridized carbons (Fsp3) is 0.750. The maximum Gasteiger partial charge on any atom is 0.308 e. The van der Waals surface area contributed by atoms with Crippen LogP contribution < -0.4 is 0 Å². The molecule has 0 aromatic heterocycles. The van der Waals surface area contributed by atoms with Gasteiger partial charge >= 0.3 is 5.97 Å². The van der Waals surface area contributed by atoms with Gasteiger partial charge in [0.2, 0.25) is 0 Å². The molecular weight excluding hydrogens is 192 g/mol. The summed E-state index contributed by atoms with van der Waals surface area (Å²) in [6.07, 6.45) is 3.92. The number of aliphatic hydroxyl groups is 1. The molecule has 15 heavy (non-hydrogen) atoms. The van der Waals surface area contributed by atoms with Crippen LogP contribution in [0, 0.1) is 5.92 Å². The highest BCUT2D eigenvalue weighted by Gasteiger charge is 2.12. The van der Waals surface area contributed by atoms with E-state index in [2.05, 4.69) is 13.5 Å². The molecule has 3 heteroatoms. The molecule has 0 fully saturated rings. The molecule has 2 unspecified atom stereocenters. The van der Waals surface area contributed by atoms with E-state index < -0.39 is 6.10 Å². The second kappa shape index (κ2) is 8.48. The van der Waals surface area contributed by atoms with Crippen molar-refractivity contribution >= 4 is 5.97 Å². The lowest BCUT2D eigenvalue weighted by molar-refractivity contribution is -0.145. The van der Waals surface area contributed by atoms with Crippen LogP contribution in [0.3, 0.4) is 0 Å². The summed E-state index contributed by atoms with van der Waals surface area (Å²) >= 11 is 0. The van der Waals surface area contributed by atoms with E-state index in [1.807, 2.05) is 6.08 Å². The Morgan fingerprint density at radius 1 is 1.53 bits per heavy atom. The maximum atomic E-state index is 11.0. The van der Waals surface area contributed by atoms with Crippen molar-refractivity contribution in [3.8, 4) is 0 Å². The molecule has 0 heterocycles.